The van der Waals surface area contributed by atoms with Gasteiger partial charge in [-0.2, -0.15) is 5.26 Å². The van der Waals surface area contributed by atoms with Crippen molar-refractivity contribution in [3.8, 4) is 17.6 Å². The zero-order valence-corrected chi connectivity index (χ0v) is 10.8. The van der Waals surface area contributed by atoms with Gasteiger partial charge in [-0.15, -0.1) is 0 Å². The Labute approximate surface area is 111 Å². The molecule has 0 atom stereocenters. The van der Waals surface area contributed by atoms with Crippen LogP contribution in [0.3, 0.4) is 0 Å². The Hall–Kier alpha value is -2.05. The lowest BCUT2D eigenvalue weighted by Gasteiger charge is -2.10. The molecule has 0 fully saturated rings. The molecule has 0 aliphatic rings. The van der Waals surface area contributed by atoms with E-state index < -0.39 is 0 Å². The highest BCUT2D eigenvalue weighted by atomic mass is 35.5. The molecule has 0 N–H and O–H groups in total. The van der Waals surface area contributed by atoms with Crippen molar-refractivity contribution in [2.45, 2.75) is 13.8 Å². The van der Waals surface area contributed by atoms with Gasteiger partial charge in [-0.1, -0.05) is 23.7 Å². The van der Waals surface area contributed by atoms with Gasteiger partial charge < -0.3 is 4.74 Å². The minimum Gasteiger partial charge on any atom is -0.456 e. The van der Waals surface area contributed by atoms with Crippen molar-refractivity contribution >= 4 is 11.6 Å². The third-order valence-corrected chi connectivity index (χ3v) is 2.83. The first-order valence-corrected chi connectivity index (χ1v) is 5.79. The standard InChI is InChI=1S/C14H11ClN2O/c1-9-3-4-10(2)13(7-9)18-12-5-6-17-14(15)11(12)8-16/h3-7H,1-2H3. The second-order valence-corrected chi connectivity index (χ2v) is 4.32. The van der Waals surface area contributed by atoms with Gasteiger partial charge in [0.2, 0.25) is 0 Å². The number of hydrogen-bond donors (Lipinski definition) is 0. The summed E-state index contributed by atoms with van der Waals surface area (Å²) < 4.78 is 5.75. The van der Waals surface area contributed by atoms with Crippen LogP contribution in [0.5, 0.6) is 11.5 Å². The molecule has 1 aromatic heterocycles. The van der Waals surface area contributed by atoms with E-state index in [1.165, 1.54) is 6.20 Å². The molecule has 0 saturated carbocycles. The second kappa shape index (κ2) is 5.07. The third-order valence-electron chi connectivity index (χ3n) is 2.54. The van der Waals surface area contributed by atoms with Gasteiger partial charge in [-0.25, -0.2) is 4.98 Å². The van der Waals surface area contributed by atoms with Gasteiger partial charge in [0.25, 0.3) is 0 Å². The number of benzene rings is 1. The number of nitrogens with zero attached hydrogens (tertiary/aromatic N) is 2. The highest BCUT2D eigenvalue weighted by Crippen LogP contribution is 2.30. The fourth-order valence-corrected chi connectivity index (χ4v) is 1.73. The van der Waals surface area contributed by atoms with Crippen molar-refractivity contribution in [2.24, 2.45) is 0 Å². The molecule has 1 heterocycles. The number of hydrogen-bond acceptors (Lipinski definition) is 3. The van der Waals surface area contributed by atoms with Crippen LogP contribution in [0.2, 0.25) is 5.15 Å². The van der Waals surface area contributed by atoms with Crippen molar-refractivity contribution < 1.29 is 4.74 Å². The normalized spacial score (nSPS) is 9.89. The SMILES string of the molecule is Cc1ccc(C)c(Oc2ccnc(Cl)c2C#N)c1. The van der Waals surface area contributed by atoms with E-state index in [0.29, 0.717) is 11.5 Å². The minimum atomic E-state index is 0.153. The van der Waals surface area contributed by atoms with E-state index in [2.05, 4.69) is 4.98 Å². The molecule has 18 heavy (non-hydrogen) atoms. The largest absolute Gasteiger partial charge is 0.456 e. The van der Waals surface area contributed by atoms with Gasteiger partial charge in [0.15, 0.2) is 5.15 Å². The van der Waals surface area contributed by atoms with Crippen LogP contribution in [-0.4, -0.2) is 4.98 Å². The Morgan fingerprint density at radius 3 is 2.72 bits per heavy atom. The van der Waals surface area contributed by atoms with E-state index >= 15 is 0 Å². The van der Waals surface area contributed by atoms with Gasteiger partial charge >= 0.3 is 0 Å². The van der Waals surface area contributed by atoms with Gasteiger partial charge in [0.05, 0.1) is 0 Å². The van der Waals surface area contributed by atoms with Crippen molar-refractivity contribution in [1.29, 1.82) is 5.26 Å². The fourth-order valence-electron chi connectivity index (χ4n) is 1.54. The highest BCUT2D eigenvalue weighted by Gasteiger charge is 2.10. The summed E-state index contributed by atoms with van der Waals surface area (Å²) in [6, 6.07) is 9.53. The molecule has 0 amide bonds. The first-order chi connectivity index (χ1) is 8.61. The predicted molar refractivity (Wildman–Crippen MR) is 70.0 cm³/mol. The van der Waals surface area contributed by atoms with Crippen LogP contribution in [0.25, 0.3) is 0 Å². The molecular weight excluding hydrogens is 248 g/mol. The molecule has 4 heteroatoms. The van der Waals surface area contributed by atoms with Crippen LogP contribution in [0.1, 0.15) is 16.7 Å². The van der Waals surface area contributed by atoms with E-state index in [1.54, 1.807) is 6.07 Å². The molecule has 2 rings (SSSR count). The van der Waals surface area contributed by atoms with Crippen LogP contribution < -0.4 is 4.74 Å². The molecule has 0 radical (unpaired) electrons. The summed E-state index contributed by atoms with van der Waals surface area (Å²) in [4.78, 5) is 3.86. The first kappa shape index (κ1) is 12.4. The van der Waals surface area contributed by atoms with E-state index in [-0.39, 0.29) is 10.7 Å². The Bertz CT molecular complexity index is 632. The lowest BCUT2D eigenvalue weighted by Crippen LogP contribution is -1.93. The Balaban J connectivity index is 2.44. The molecule has 3 nitrogen and oxygen atoms in total. The van der Waals surface area contributed by atoms with Gasteiger partial charge in [-0.3, -0.25) is 0 Å². The quantitative estimate of drug-likeness (QED) is 0.765. The Kier molecular flexibility index (Phi) is 3.50. The van der Waals surface area contributed by atoms with Crippen LogP contribution in [0.15, 0.2) is 30.5 Å². The van der Waals surface area contributed by atoms with Crippen molar-refractivity contribution in [3.63, 3.8) is 0 Å². The lowest BCUT2D eigenvalue weighted by molar-refractivity contribution is 0.476. The summed E-state index contributed by atoms with van der Waals surface area (Å²) in [5.41, 5.74) is 2.34. The van der Waals surface area contributed by atoms with Gasteiger partial charge in [0, 0.05) is 12.3 Å². The zero-order chi connectivity index (χ0) is 13.1. The van der Waals surface area contributed by atoms with Crippen molar-refractivity contribution in [1.82, 2.24) is 4.98 Å². The van der Waals surface area contributed by atoms with Crippen LogP contribution in [0.4, 0.5) is 0 Å². The maximum Gasteiger partial charge on any atom is 0.150 e. The molecule has 0 bridgehead atoms. The van der Waals surface area contributed by atoms with Gasteiger partial charge in [-0.05, 0) is 31.0 Å². The summed E-state index contributed by atoms with van der Waals surface area (Å²) in [6.45, 7) is 3.93. The first-order valence-electron chi connectivity index (χ1n) is 5.41. The predicted octanol–water partition coefficient (Wildman–Crippen LogP) is 4.02. The molecule has 0 unspecified atom stereocenters. The van der Waals surface area contributed by atoms with E-state index in [0.717, 1.165) is 11.1 Å². The number of ether oxygens (including phenoxy) is 1. The summed E-state index contributed by atoms with van der Waals surface area (Å²) >= 11 is 5.85. The molecule has 0 saturated heterocycles. The molecule has 1 aromatic carbocycles. The van der Waals surface area contributed by atoms with E-state index in [4.69, 9.17) is 21.6 Å². The minimum absolute atomic E-state index is 0.153. The lowest BCUT2D eigenvalue weighted by atomic mass is 10.1. The number of halogens is 1. The number of nitriles is 1. The molecule has 0 spiro atoms. The van der Waals surface area contributed by atoms with Gasteiger partial charge in [0.1, 0.15) is 23.1 Å². The molecule has 90 valence electrons. The summed E-state index contributed by atoms with van der Waals surface area (Å²) in [5, 5.41) is 9.20. The maximum absolute atomic E-state index is 9.05. The van der Waals surface area contributed by atoms with Crippen LogP contribution >= 0.6 is 11.6 Å². The number of aryl methyl sites for hydroxylation is 2. The smallest absolute Gasteiger partial charge is 0.150 e. The average molecular weight is 259 g/mol. The summed E-state index contributed by atoms with van der Waals surface area (Å²) in [6.07, 6.45) is 1.52. The fraction of sp³-hybridized carbons (Fsp3) is 0.143. The number of aromatic nitrogens is 1. The average Bonchev–Trinajstić information content (AvgIpc) is 2.34. The van der Waals surface area contributed by atoms with Crippen LogP contribution in [-0.2, 0) is 0 Å². The molecule has 2 aromatic rings. The van der Waals surface area contributed by atoms with Crippen molar-refractivity contribution in [3.05, 3.63) is 52.3 Å². The Morgan fingerprint density at radius 2 is 2.00 bits per heavy atom. The molecule has 0 aliphatic carbocycles. The summed E-state index contributed by atoms with van der Waals surface area (Å²) in [7, 11) is 0. The zero-order valence-electron chi connectivity index (χ0n) is 10.1. The molecule has 0 aliphatic heterocycles. The Morgan fingerprint density at radius 1 is 1.22 bits per heavy atom. The summed E-state index contributed by atoms with van der Waals surface area (Å²) in [5.74, 6) is 1.14. The highest BCUT2D eigenvalue weighted by molar-refractivity contribution is 6.30. The monoisotopic (exact) mass is 258 g/mol. The van der Waals surface area contributed by atoms with E-state index in [9.17, 15) is 0 Å². The van der Waals surface area contributed by atoms with E-state index in [1.807, 2.05) is 38.1 Å². The maximum atomic E-state index is 9.05. The second-order valence-electron chi connectivity index (χ2n) is 3.96. The van der Waals surface area contributed by atoms with Crippen molar-refractivity contribution in [2.75, 3.05) is 0 Å². The van der Waals surface area contributed by atoms with Crippen LogP contribution in [0, 0.1) is 25.2 Å². The molecular formula is C14H11ClN2O. The topological polar surface area (TPSA) is 45.9 Å². The number of rotatable bonds is 2. The third kappa shape index (κ3) is 2.44. The number of pyridine rings is 1.